The molecule has 1 aromatic carbocycles. The van der Waals surface area contributed by atoms with Crippen LogP contribution in [0.15, 0.2) is 18.2 Å². The molecule has 56 heavy (non-hydrogen) atoms. The molecule has 2 saturated heterocycles. The molecule has 0 aromatic heterocycles. The van der Waals surface area contributed by atoms with E-state index in [1.54, 1.807) is 39.9 Å². The largest absolute Gasteiger partial charge is 0.493 e. The lowest BCUT2D eigenvalue weighted by molar-refractivity contribution is -0.158. The molecular weight excluding hydrogens is 722 g/mol. The lowest BCUT2D eigenvalue weighted by Crippen LogP contribution is -2.43. The Morgan fingerprint density at radius 1 is 0.946 bits per heavy atom. The molecule has 1 aromatic rings. The number of carbonyl (C=O) groups excluding carboxylic acids is 4. The number of amides is 2. The van der Waals surface area contributed by atoms with Gasteiger partial charge in [-0.2, -0.15) is 0 Å². The van der Waals surface area contributed by atoms with Crippen LogP contribution >= 0.6 is 0 Å². The fourth-order valence-electron chi connectivity index (χ4n) is 7.20. The smallest absolute Gasteiger partial charge is 0.414 e. The quantitative estimate of drug-likeness (QED) is 0.0799. The molecule has 2 amide bonds. The Morgan fingerprint density at radius 2 is 1.66 bits per heavy atom. The molecule has 14 nitrogen and oxygen atoms in total. The maximum absolute atomic E-state index is 13.7. The fraction of sp³-hybridized carbons (Fsp3) is 0.762. The minimum absolute atomic E-state index is 0.00851. The van der Waals surface area contributed by atoms with E-state index in [2.05, 4.69) is 18.7 Å². The summed E-state index contributed by atoms with van der Waals surface area (Å²) in [6.07, 6.45) is 1.83. The van der Waals surface area contributed by atoms with Crippen molar-refractivity contribution in [3.63, 3.8) is 0 Å². The van der Waals surface area contributed by atoms with Crippen LogP contribution in [-0.4, -0.2) is 120 Å². The van der Waals surface area contributed by atoms with Gasteiger partial charge in [0.05, 0.1) is 45.0 Å². The number of rotatable bonds is 24. The van der Waals surface area contributed by atoms with Crippen LogP contribution in [0, 0.1) is 35.0 Å². The second-order valence-corrected chi connectivity index (χ2v) is 16.6. The number of methoxy groups -OCH3 is 2. The van der Waals surface area contributed by atoms with Gasteiger partial charge in [0, 0.05) is 57.5 Å². The van der Waals surface area contributed by atoms with Crippen molar-refractivity contribution in [2.24, 2.45) is 40.7 Å². The average Bonchev–Trinajstić information content (AvgIpc) is 3.56. The van der Waals surface area contributed by atoms with E-state index in [-0.39, 0.29) is 42.6 Å². The van der Waals surface area contributed by atoms with Gasteiger partial charge in [-0.15, -0.1) is 0 Å². The van der Waals surface area contributed by atoms with Crippen LogP contribution < -0.4 is 15.2 Å². The molecule has 2 fully saturated rings. The maximum atomic E-state index is 13.7. The third-order valence-electron chi connectivity index (χ3n) is 11.2. The first-order valence-corrected chi connectivity index (χ1v) is 20.2. The predicted molar refractivity (Wildman–Crippen MR) is 211 cm³/mol. The van der Waals surface area contributed by atoms with Crippen LogP contribution in [0.3, 0.4) is 0 Å². The van der Waals surface area contributed by atoms with E-state index in [0.717, 1.165) is 25.1 Å². The Labute approximate surface area is 334 Å². The van der Waals surface area contributed by atoms with Crippen molar-refractivity contribution in [2.75, 3.05) is 73.8 Å². The first-order valence-electron chi connectivity index (χ1n) is 20.2. The molecule has 14 heteroatoms. The van der Waals surface area contributed by atoms with Gasteiger partial charge in [0.1, 0.15) is 12.5 Å². The maximum Gasteiger partial charge on any atom is 0.414 e. The molecule has 1 unspecified atom stereocenters. The van der Waals surface area contributed by atoms with Crippen LogP contribution in [0.25, 0.3) is 0 Å². The number of nitrogens with two attached hydrogens (primary N) is 1. The number of ketones is 1. The zero-order chi connectivity index (χ0) is 41.4. The number of morpholine rings is 1. The number of carbonyl (C=O) groups is 4. The molecule has 0 bridgehead atoms. The molecule has 0 aliphatic carbocycles. The molecular formula is C42H69N3O11. The molecule has 2 heterocycles. The van der Waals surface area contributed by atoms with Crippen molar-refractivity contribution in [2.45, 2.75) is 99.1 Å². The van der Waals surface area contributed by atoms with Crippen molar-refractivity contribution in [3.05, 3.63) is 23.8 Å². The monoisotopic (exact) mass is 791 g/mol. The number of nitrogens with zero attached hydrogens (tertiary/aromatic N) is 2. The Balaban J connectivity index is 1.80. The third-order valence-corrected chi connectivity index (χ3v) is 11.2. The van der Waals surface area contributed by atoms with Gasteiger partial charge in [-0.25, -0.2) is 4.79 Å². The highest BCUT2D eigenvalue weighted by atomic mass is 16.7. The summed E-state index contributed by atoms with van der Waals surface area (Å²) >= 11 is 0. The second-order valence-electron chi connectivity index (χ2n) is 16.6. The topological polar surface area (TPSA) is 165 Å². The van der Waals surface area contributed by atoms with E-state index in [9.17, 15) is 19.2 Å². The van der Waals surface area contributed by atoms with Gasteiger partial charge < -0.3 is 38.9 Å². The van der Waals surface area contributed by atoms with Gasteiger partial charge >= 0.3 is 12.1 Å². The Bertz CT molecular complexity index is 1400. The SMILES string of the molecule is COCCCOc1cc(C[C@@H](C[C@H]2[C@H](C[C@H](C(=O)CCC(C)(C)C(N)=O)C(C)C)OCN2C(=O)OCOC(=O)C(C)CN2CCOCC2)C(C)C)ccc1OC. The van der Waals surface area contributed by atoms with E-state index >= 15 is 0 Å². The van der Waals surface area contributed by atoms with Crippen LogP contribution in [0.5, 0.6) is 11.5 Å². The van der Waals surface area contributed by atoms with Crippen molar-refractivity contribution in [1.82, 2.24) is 9.80 Å². The standard InChI is InChI=1S/C42H69N3O11/c1-28(2)32(21-31-11-12-36(51-9)38(22-31)53-18-10-17-50-8)23-34-37(24-33(29(3)4)35(46)13-14-42(6,7)40(43)48)54-26-45(34)41(49)56-27-55-39(47)30(5)25-44-15-19-52-20-16-44/h11-12,22,28-30,32-34,37H,10,13-21,23-27H2,1-9H3,(H2,43,48)/t30?,32-,33-,34-,37-/m0/s1. The normalized spacial score (nSPS) is 19.4. The van der Waals surface area contributed by atoms with E-state index in [4.69, 9.17) is 38.9 Å². The van der Waals surface area contributed by atoms with Crippen molar-refractivity contribution in [3.8, 4) is 11.5 Å². The summed E-state index contributed by atoms with van der Waals surface area (Å²) < 4.78 is 39.5. The van der Waals surface area contributed by atoms with Crippen LogP contribution in [0.4, 0.5) is 4.79 Å². The van der Waals surface area contributed by atoms with Crippen LogP contribution in [0.1, 0.15) is 86.1 Å². The van der Waals surface area contributed by atoms with E-state index in [1.807, 2.05) is 32.0 Å². The van der Waals surface area contributed by atoms with Crippen molar-refractivity contribution in [1.29, 1.82) is 0 Å². The number of primary amides is 1. The van der Waals surface area contributed by atoms with Crippen LogP contribution in [-0.2, 0) is 44.5 Å². The highest BCUT2D eigenvalue weighted by molar-refractivity contribution is 5.84. The summed E-state index contributed by atoms with van der Waals surface area (Å²) in [5, 5.41) is 0. The number of esters is 1. The minimum Gasteiger partial charge on any atom is -0.493 e. The lowest BCUT2D eigenvalue weighted by atomic mass is 9.78. The van der Waals surface area contributed by atoms with Gasteiger partial charge in [0.25, 0.3) is 0 Å². The Kier molecular flexibility index (Phi) is 19.3. The highest BCUT2D eigenvalue weighted by Crippen LogP contribution is 2.36. The molecule has 0 radical (unpaired) electrons. The molecule has 2 aliphatic rings. The predicted octanol–water partition coefficient (Wildman–Crippen LogP) is 5.47. The molecule has 0 spiro atoms. The molecule has 3 rings (SSSR count). The summed E-state index contributed by atoms with van der Waals surface area (Å²) in [6, 6.07) is 5.51. The zero-order valence-electron chi connectivity index (χ0n) is 35.3. The summed E-state index contributed by atoms with van der Waals surface area (Å²) in [4.78, 5) is 55.9. The number of hydrogen-bond acceptors (Lipinski definition) is 12. The number of Topliss-reactive ketones (excluding diaryl/α,β-unsaturated/α-hetero) is 1. The zero-order valence-corrected chi connectivity index (χ0v) is 35.3. The van der Waals surface area contributed by atoms with E-state index in [0.29, 0.717) is 70.2 Å². The molecule has 2 aliphatic heterocycles. The van der Waals surface area contributed by atoms with Gasteiger partial charge in [-0.1, -0.05) is 54.5 Å². The summed E-state index contributed by atoms with van der Waals surface area (Å²) in [6.45, 7) is 17.4. The first-order chi connectivity index (χ1) is 26.6. The van der Waals surface area contributed by atoms with Gasteiger partial charge in [-0.05, 0) is 61.1 Å². The van der Waals surface area contributed by atoms with Crippen LogP contribution in [0.2, 0.25) is 0 Å². The molecule has 2 N–H and O–H groups in total. The third kappa shape index (κ3) is 14.5. The fourth-order valence-corrected chi connectivity index (χ4v) is 7.20. The van der Waals surface area contributed by atoms with Crippen molar-refractivity contribution >= 4 is 23.8 Å². The number of ether oxygens (including phenoxy) is 7. The second kappa shape index (κ2) is 23.1. The molecule has 0 saturated carbocycles. The van der Waals surface area contributed by atoms with Gasteiger partial charge in [-0.3, -0.25) is 24.2 Å². The number of hydrogen-bond donors (Lipinski definition) is 1. The first kappa shape index (κ1) is 46.9. The Morgan fingerprint density at radius 3 is 2.29 bits per heavy atom. The highest BCUT2D eigenvalue weighted by Gasteiger charge is 2.43. The van der Waals surface area contributed by atoms with E-state index < -0.39 is 48.2 Å². The van der Waals surface area contributed by atoms with E-state index in [1.165, 1.54) is 0 Å². The van der Waals surface area contributed by atoms with Crippen molar-refractivity contribution < 1.29 is 52.3 Å². The summed E-state index contributed by atoms with van der Waals surface area (Å²) in [5.74, 6) is -0.0282. The van der Waals surface area contributed by atoms with Gasteiger partial charge in [0.2, 0.25) is 12.7 Å². The minimum atomic E-state index is -0.811. The molecule has 318 valence electrons. The average molecular weight is 792 g/mol. The lowest BCUT2D eigenvalue weighted by Gasteiger charge is -2.33. The molecule has 5 atom stereocenters. The number of benzene rings is 1. The summed E-state index contributed by atoms with van der Waals surface area (Å²) in [7, 11) is 3.27. The Hall–Kier alpha value is -3.46. The summed E-state index contributed by atoms with van der Waals surface area (Å²) in [5.41, 5.74) is 5.85. The van der Waals surface area contributed by atoms with Gasteiger partial charge in [0.15, 0.2) is 11.5 Å².